The van der Waals surface area contributed by atoms with Gasteiger partial charge in [-0.15, -0.1) is 6.58 Å². The maximum absolute atomic E-state index is 12.3. The maximum Gasteiger partial charge on any atom is 0.338 e. The van der Waals surface area contributed by atoms with Crippen LogP contribution in [0.15, 0.2) is 42.5 Å². The van der Waals surface area contributed by atoms with Crippen molar-refractivity contribution >= 4 is 17.8 Å². The molecule has 1 atom stereocenters. The Morgan fingerprint density at radius 3 is 2.56 bits per heavy atom. The molecule has 1 aliphatic rings. The molecule has 0 aliphatic carbocycles. The van der Waals surface area contributed by atoms with E-state index >= 15 is 0 Å². The minimum absolute atomic E-state index is 0.150. The molecule has 144 valence electrons. The maximum atomic E-state index is 12.3. The molecule has 0 saturated heterocycles. The SMILES string of the molecule is C=CCN1C(=O)c2ccc(C(=O)OCCC(C)CCC=C(C)C)cc2C1=O. The van der Waals surface area contributed by atoms with E-state index in [0.29, 0.717) is 18.1 Å². The van der Waals surface area contributed by atoms with Gasteiger partial charge in [0, 0.05) is 6.54 Å². The fourth-order valence-electron chi connectivity index (χ4n) is 2.95. The summed E-state index contributed by atoms with van der Waals surface area (Å²) in [5.41, 5.74) is 2.15. The number of hydrogen-bond acceptors (Lipinski definition) is 4. The van der Waals surface area contributed by atoms with Crippen LogP contribution in [0.3, 0.4) is 0 Å². The number of esters is 1. The highest BCUT2D eigenvalue weighted by molar-refractivity contribution is 6.22. The van der Waals surface area contributed by atoms with Crippen LogP contribution in [0.5, 0.6) is 0 Å². The number of imide groups is 1. The van der Waals surface area contributed by atoms with Crippen LogP contribution in [0, 0.1) is 5.92 Å². The van der Waals surface area contributed by atoms with Crippen molar-refractivity contribution in [3.63, 3.8) is 0 Å². The summed E-state index contributed by atoms with van der Waals surface area (Å²) in [4.78, 5) is 37.9. The zero-order valence-electron chi connectivity index (χ0n) is 16.3. The van der Waals surface area contributed by atoms with Gasteiger partial charge in [0.15, 0.2) is 0 Å². The number of nitrogens with zero attached hydrogens (tertiary/aromatic N) is 1. The van der Waals surface area contributed by atoms with E-state index < -0.39 is 11.9 Å². The van der Waals surface area contributed by atoms with Crippen LogP contribution in [0.4, 0.5) is 0 Å². The molecule has 1 heterocycles. The van der Waals surface area contributed by atoms with E-state index in [9.17, 15) is 14.4 Å². The molecule has 1 aromatic rings. The minimum Gasteiger partial charge on any atom is -0.462 e. The van der Waals surface area contributed by atoms with E-state index in [1.807, 2.05) is 0 Å². The lowest BCUT2D eigenvalue weighted by molar-refractivity contribution is 0.0483. The highest BCUT2D eigenvalue weighted by Gasteiger charge is 2.35. The van der Waals surface area contributed by atoms with Gasteiger partial charge in [0.25, 0.3) is 11.8 Å². The number of fused-ring (bicyclic) bond motifs is 1. The predicted octanol–water partition coefficient (Wildman–Crippen LogP) is 4.40. The van der Waals surface area contributed by atoms with Crippen molar-refractivity contribution in [2.75, 3.05) is 13.2 Å². The average Bonchev–Trinajstić information content (AvgIpc) is 2.86. The van der Waals surface area contributed by atoms with Crippen molar-refractivity contribution in [3.8, 4) is 0 Å². The molecular formula is C22H27NO4. The number of allylic oxidation sites excluding steroid dienone is 2. The molecule has 1 aromatic carbocycles. The van der Waals surface area contributed by atoms with Gasteiger partial charge in [-0.05, 0) is 57.2 Å². The van der Waals surface area contributed by atoms with Crippen LogP contribution >= 0.6 is 0 Å². The van der Waals surface area contributed by atoms with Crippen molar-refractivity contribution in [3.05, 3.63) is 59.2 Å². The van der Waals surface area contributed by atoms with Gasteiger partial charge in [0.2, 0.25) is 0 Å². The lowest BCUT2D eigenvalue weighted by Crippen LogP contribution is -2.29. The summed E-state index contributed by atoms with van der Waals surface area (Å²) >= 11 is 0. The molecule has 0 aromatic heterocycles. The van der Waals surface area contributed by atoms with Crippen LogP contribution < -0.4 is 0 Å². The van der Waals surface area contributed by atoms with Gasteiger partial charge >= 0.3 is 5.97 Å². The Hall–Kier alpha value is -2.69. The van der Waals surface area contributed by atoms with E-state index in [4.69, 9.17) is 4.74 Å². The number of amides is 2. The number of benzene rings is 1. The summed E-state index contributed by atoms with van der Waals surface area (Å²) in [5.74, 6) is -0.783. The number of carbonyl (C=O) groups is 3. The molecule has 27 heavy (non-hydrogen) atoms. The largest absolute Gasteiger partial charge is 0.462 e. The molecule has 5 heteroatoms. The Balaban J connectivity index is 1.92. The first-order valence-electron chi connectivity index (χ1n) is 9.26. The van der Waals surface area contributed by atoms with Gasteiger partial charge < -0.3 is 4.74 Å². The molecule has 0 saturated carbocycles. The summed E-state index contributed by atoms with van der Waals surface area (Å²) in [7, 11) is 0. The molecule has 5 nitrogen and oxygen atoms in total. The predicted molar refractivity (Wildman–Crippen MR) is 105 cm³/mol. The van der Waals surface area contributed by atoms with Crippen LogP contribution in [0.1, 0.15) is 71.1 Å². The lowest BCUT2D eigenvalue weighted by atomic mass is 10.0. The Morgan fingerprint density at radius 2 is 1.89 bits per heavy atom. The second-order valence-electron chi connectivity index (χ2n) is 7.16. The van der Waals surface area contributed by atoms with Gasteiger partial charge in [-0.1, -0.05) is 24.6 Å². The first-order chi connectivity index (χ1) is 12.8. The monoisotopic (exact) mass is 369 g/mol. The zero-order chi connectivity index (χ0) is 20.0. The summed E-state index contributed by atoms with van der Waals surface area (Å²) in [6.07, 6.45) is 6.57. The average molecular weight is 369 g/mol. The fourth-order valence-corrected chi connectivity index (χ4v) is 2.95. The molecule has 0 spiro atoms. The standard InChI is InChI=1S/C22H27NO4/c1-5-12-23-20(24)18-10-9-17(14-19(18)21(23)25)22(26)27-13-11-16(4)8-6-7-15(2)3/h5,7,9-10,14,16H,1,6,8,11-13H2,2-4H3. The number of hydrogen-bond donors (Lipinski definition) is 0. The highest BCUT2D eigenvalue weighted by atomic mass is 16.5. The van der Waals surface area contributed by atoms with Crippen molar-refractivity contribution in [2.45, 2.75) is 40.0 Å². The molecule has 0 bridgehead atoms. The molecule has 1 aliphatic heterocycles. The quantitative estimate of drug-likeness (QED) is 0.368. The third-order valence-corrected chi connectivity index (χ3v) is 4.57. The smallest absolute Gasteiger partial charge is 0.338 e. The highest BCUT2D eigenvalue weighted by Crippen LogP contribution is 2.24. The van der Waals surface area contributed by atoms with E-state index in [2.05, 4.69) is 33.4 Å². The normalized spacial score (nSPS) is 14.0. The molecule has 0 N–H and O–H groups in total. The Bertz CT molecular complexity index is 775. The molecule has 0 fully saturated rings. The van der Waals surface area contributed by atoms with Crippen molar-refractivity contribution in [2.24, 2.45) is 5.92 Å². The summed E-state index contributed by atoms with van der Waals surface area (Å²) in [5, 5.41) is 0. The van der Waals surface area contributed by atoms with E-state index in [1.54, 1.807) is 0 Å². The van der Waals surface area contributed by atoms with Crippen molar-refractivity contribution in [1.29, 1.82) is 0 Å². The summed E-state index contributed by atoms with van der Waals surface area (Å²) < 4.78 is 5.34. The van der Waals surface area contributed by atoms with Crippen LogP contribution in [-0.4, -0.2) is 35.8 Å². The summed E-state index contributed by atoms with van der Waals surface area (Å²) in [6.45, 7) is 10.3. The Morgan fingerprint density at radius 1 is 1.19 bits per heavy atom. The number of carbonyl (C=O) groups excluding carboxylic acids is 3. The zero-order valence-corrected chi connectivity index (χ0v) is 16.3. The second kappa shape index (κ2) is 9.31. The van der Waals surface area contributed by atoms with Gasteiger partial charge in [-0.25, -0.2) is 4.79 Å². The number of ether oxygens (including phenoxy) is 1. The Labute approximate surface area is 160 Å². The van der Waals surface area contributed by atoms with Crippen LogP contribution in [-0.2, 0) is 4.74 Å². The van der Waals surface area contributed by atoms with Crippen molar-refractivity contribution in [1.82, 2.24) is 4.90 Å². The third-order valence-electron chi connectivity index (χ3n) is 4.57. The molecule has 1 unspecified atom stereocenters. The van der Waals surface area contributed by atoms with Crippen molar-refractivity contribution < 1.29 is 19.1 Å². The van der Waals surface area contributed by atoms with Gasteiger partial charge in [0.05, 0.1) is 23.3 Å². The van der Waals surface area contributed by atoms with E-state index in [-0.39, 0.29) is 23.6 Å². The minimum atomic E-state index is -0.475. The fraction of sp³-hybridized carbons (Fsp3) is 0.409. The molecule has 2 rings (SSSR count). The van der Waals surface area contributed by atoms with Gasteiger partial charge in [-0.3, -0.25) is 14.5 Å². The van der Waals surface area contributed by atoms with Crippen LogP contribution in [0.25, 0.3) is 0 Å². The van der Waals surface area contributed by atoms with E-state index in [0.717, 1.165) is 24.2 Å². The lowest BCUT2D eigenvalue weighted by Gasteiger charge is -2.11. The Kier molecular flexibility index (Phi) is 7.11. The topological polar surface area (TPSA) is 63.7 Å². The van der Waals surface area contributed by atoms with Gasteiger partial charge in [0.1, 0.15) is 0 Å². The first-order valence-corrected chi connectivity index (χ1v) is 9.26. The van der Waals surface area contributed by atoms with Gasteiger partial charge in [-0.2, -0.15) is 0 Å². The molecule has 2 amide bonds. The van der Waals surface area contributed by atoms with Crippen LogP contribution in [0.2, 0.25) is 0 Å². The molecule has 0 radical (unpaired) electrons. The molecular weight excluding hydrogens is 342 g/mol. The first kappa shape index (κ1) is 20.6. The van der Waals surface area contributed by atoms with E-state index in [1.165, 1.54) is 29.8 Å². The number of rotatable bonds is 9. The summed E-state index contributed by atoms with van der Waals surface area (Å²) in [6, 6.07) is 4.48. The second-order valence-corrected chi connectivity index (χ2v) is 7.16. The third kappa shape index (κ3) is 5.16.